The Morgan fingerprint density at radius 1 is 0.778 bits per heavy atom. The molecule has 3 rings (SSSR count). The summed E-state index contributed by atoms with van der Waals surface area (Å²) in [5.41, 5.74) is -4.59. The molecule has 0 atom stereocenters. The monoisotopic (exact) mass is 524 g/mol. The van der Waals surface area contributed by atoms with E-state index in [0.717, 1.165) is 17.0 Å². The molecule has 2 aromatic rings. The zero-order valence-corrected chi connectivity index (χ0v) is 18.1. The Bertz CT molecular complexity index is 1130. The van der Waals surface area contributed by atoms with E-state index in [0.29, 0.717) is 17.7 Å². The molecule has 1 aliphatic heterocycles. The summed E-state index contributed by atoms with van der Waals surface area (Å²) in [7, 11) is 0. The van der Waals surface area contributed by atoms with Crippen LogP contribution in [-0.4, -0.2) is 29.8 Å². The van der Waals surface area contributed by atoms with Crippen molar-refractivity contribution >= 4 is 11.8 Å². The zero-order valence-electron chi connectivity index (χ0n) is 18.1. The van der Waals surface area contributed by atoms with E-state index in [2.05, 4.69) is 5.32 Å². The highest BCUT2D eigenvalue weighted by atomic mass is 19.4. The number of halogens is 9. The van der Waals surface area contributed by atoms with E-state index >= 15 is 0 Å². The van der Waals surface area contributed by atoms with Gasteiger partial charge in [-0.05, 0) is 42.3 Å². The number of nitrogens with one attached hydrogen (secondary N) is 1. The number of rotatable bonds is 4. The van der Waals surface area contributed by atoms with Gasteiger partial charge in [-0.1, -0.05) is 18.2 Å². The molecule has 1 N–H and O–H groups in total. The van der Waals surface area contributed by atoms with Crippen molar-refractivity contribution in [3.05, 3.63) is 81.9 Å². The number of carbonyl (C=O) groups is 2. The van der Waals surface area contributed by atoms with Crippen LogP contribution in [0.5, 0.6) is 0 Å². The van der Waals surface area contributed by atoms with Crippen molar-refractivity contribution in [2.24, 2.45) is 0 Å². The maximum absolute atomic E-state index is 13.1. The molecule has 0 saturated heterocycles. The first-order chi connectivity index (χ1) is 16.6. The summed E-state index contributed by atoms with van der Waals surface area (Å²) in [4.78, 5) is 26.2. The summed E-state index contributed by atoms with van der Waals surface area (Å²) in [6.07, 6.45) is -13.2. The Kier molecular flexibility index (Phi) is 7.42. The summed E-state index contributed by atoms with van der Waals surface area (Å²) in [6.45, 7) is -0.577. The van der Waals surface area contributed by atoms with Crippen molar-refractivity contribution < 1.29 is 49.1 Å². The van der Waals surface area contributed by atoms with Crippen LogP contribution in [0.1, 0.15) is 39.0 Å². The number of amides is 2. The minimum absolute atomic E-state index is 0.0320. The van der Waals surface area contributed by atoms with Gasteiger partial charge in [-0.15, -0.1) is 0 Å². The van der Waals surface area contributed by atoms with E-state index in [-0.39, 0.29) is 37.7 Å². The Morgan fingerprint density at radius 3 is 1.81 bits per heavy atom. The van der Waals surface area contributed by atoms with Crippen LogP contribution in [0.4, 0.5) is 39.5 Å². The van der Waals surface area contributed by atoms with Crippen molar-refractivity contribution in [2.45, 2.75) is 31.5 Å². The highest BCUT2D eigenvalue weighted by Crippen LogP contribution is 2.36. The standard InChI is InChI=1S/C23H17F9N2O2/c24-21(25,26)16-5-3-13(4-6-16)11-33-19(35)14-2-1-7-34(12-14)20(36)15-8-17(22(27,28)29)10-18(9-15)23(30,31)32/h2-6,8-10H,1,7,11-12H2,(H,33,35). The van der Waals surface area contributed by atoms with Crippen LogP contribution in [0.25, 0.3) is 0 Å². The molecule has 2 aromatic carbocycles. The van der Waals surface area contributed by atoms with Gasteiger partial charge >= 0.3 is 18.5 Å². The maximum atomic E-state index is 13.1. The molecule has 0 spiro atoms. The molecule has 13 heteroatoms. The van der Waals surface area contributed by atoms with Crippen LogP contribution in [0.3, 0.4) is 0 Å². The normalized spacial score (nSPS) is 14.9. The Labute approximate surface area is 198 Å². The van der Waals surface area contributed by atoms with Crippen LogP contribution in [0, 0.1) is 0 Å². The van der Waals surface area contributed by atoms with Crippen molar-refractivity contribution in [1.82, 2.24) is 10.2 Å². The molecule has 194 valence electrons. The fourth-order valence-corrected chi connectivity index (χ4v) is 3.45. The van der Waals surface area contributed by atoms with Gasteiger partial charge in [-0.25, -0.2) is 0 Å². The Morgan fingerprint density at radius 2 is 1.31 bits per heavy atom. The van der Waals surface area contributed by atoms with Gasteiger partial charge < -0.3 is 10.2 Å². The number of hydrogen-bond acceptors (Lipinski definition) is 2. The van der Waals surface area contributed by atoms with Crippen LogP contribution < -0.4 is 5.32 Å². The third kappa shape index (κ3) is 6.58. The van der Waals surface area contributed by atoms with E-state index in [1.165, 1.54) is 18.2 Å². The lowest BCUT2D eigenvalue weighted by atomic mass is 10.0. The van der Waals surface area contributed by atoms with Crippen LogP contribution in [-0.2, 0) is 29.9 Å². The van der Waals surface area contributed by atoms with Crippen molar-refractivity contribution in [3.63, 3.8) is 0 Å². The number of alkyl halides is 9. The van der Waals surface area contributed by atoms with Crippen molar-refractivity contribution in [1.29, 1.82) is 0 Å². The third-order valence-electron chi connectivity index (χ3n) is 5.30. The number of nitrogens with zero attached hydrogens (tertiary/aromatic N) is 1. The molecule has 0 aromatic heterocycles. The molecule has 1 heterocycles. The van der Waals surface area contributed by atoms with Gasteiger partial charge in [0, 0.05) is 24.2 Å². The molecule has 1 aliphatic rings. The molecular formula is C23H17F9N2O2. The summed E-state index contributed by atoms with van der Waals surface area (Å²) in [6, 6.07) is 4.56. The fourth-order valence-electron chi connectivity index (χ4n) is 3.45. The first-order valence-corrected chi connectivity index (χ1v) is 10.3. The van der Waals surface area contributed by atoms with Crippen LogP contribution in [0.15, 0.2) is 54.1 Å². The smallest absolute Gasteiger partial charge is 0.348 e. The van der Waals surface area contributed by atoms with Crippen LogP contribution >= 0.6 is 0 Å². The molecule has 4 nitrogen and oxygen atoms in total. The first kappa shape index (κ1) is 27.1. The minimum Gasteiger partial charge on any atom is -0.348 e. The molecule has 0 bridgehead atoms. The summed E-state index contributed by atoms with van der Waals surface area (Å²) in [5, 5.41) is 2.46. The van der Waals surface area contributed by atoms with Gasteiger partial charge in [0.2, 0.25) is 5.91 Å². The average Bonchev–Trinajstić information content (AvgIpc) is 2.80. The zero-order chi connectivity index (χ0) is 26.9. The quantitative estimate of drug-likeness (QED) is 0.512. The largest absolute Gasteiger partial charge is 0.416 e. The third-order valence-corrected chi connectivity index (χ3v) is 5.30. The second-order valence-electron chi connectivity index (χ2n) is 7.92. The molecular weight excluding hydrogens is 507 g/mol. The maximum Gasteiger partial charge on any atom is 0.416 e. The molecule has 0 aliphatic carbocycles. The van der Waals surface area contributed by atoms with Gasteiger partial charge in [0.25, 0.3) is 5.91 Å². The van der Waals surface area contributed by atoms with Gasteiger partial charge in [0.15, 0.2) is 0 Å². The van der Waals surface area contributed by atoms with E-state index in [9.17, 15) is 49.1 Å². The number of carbonyl (C=O) groups excluding carboxylic acids is 2. The molecule has 0 fully saturated rings. The van der Waals surface area contributed by atoms with Gasteiger partial charge in [0.1, 0.15) is 0 Å². The number of benzene rings is 2. The predicted molar refractivity (Wildman–Crippen MR) is 108 cm³/mol. The van der Waals surface area contributed by atoms with E-state index in [1.807, 2.05) is 0 Å². The molecule has 36 heavy (non-hydrogen) atoms. The summed E-state index contributed by atoms with van der Waals surface area (Å²) < 4.78 is 117. The highest BCUT2D eigenvalue weighted by molar-refractivity contribution is 5.98. The molecule has 0 unspecified atom stereocenters. The Hall–Kier alpha value is -3.51. The second-order valence-corrected chi connectivity index (χ2v) is 7.92. The molecule has 2 amide bonds. The fraction of sp³-hybridized carbons (Fsp3) is 0.304. The Balaban J connectivity index is 1.71. The molecule has 0 radical (unpaired) electrons. The molecule has 0 saturated carbocycles. The SMILES string of the molecule is O=C(NCc1ccc(C(F)(F)F)cc1)C1=CCCN(C(=O)c2cc(C(F)(F)F)cc(C(F)(F)F)c2)C1. The van der Waals surface area contributed by atoms with E-state index < -0.39 is 52.6 Å². The van der Waals surface area contributed by atoms with Gasteiger partial charge in [-0.2, -0.15) is 39.5 Å². The second kappa shape index (κ2) is 9.86. The highest BCUT2D eigenvalue weighted by Gasteiger charge is 2.38. The van der Waals surface area contributed by atoms with Crippen molar-refractivity contribution in [2.75, 3.05) is 13.1 Å². The minimum atomic E-state index is -5.12. The lowest BCUT2D eigenvalue weighted by Crippen LogP contribution is -2.40. The number of hydrogen-bond donors (Lipinski definition) is 1. The lowest BCUT2D eigenvalue weighted by Gasteiger charge is -2.27. The van der Waals surface area contributed by atoms with Gasteiger partial charge in [-0.3, -0.25) is 9.59 Å². The van der Waals surface area contributed by atoms with E-state index in [4.69, 9.17) is 0 Å². The first-order valence-electron chi connectivity index (χ1n) is 10.3. The predicted octanol–water partition coefficient (Wildman–Crippen LogP) is 5.83. The topological polar surface area (TPSA) is 49.4 Å². The van der Waals surface area contributed by atoms with Gasteiger partial charge in [0.05, 0.1) is 23.2 Å². The average molecular weight is 524 g/mol. The van der Waals surface area contributed by atoms with Crippen LogP contribution in [0.2, 0.25) is 0 Å². The summed E-state index contributed by atoms with van der Waals surface area (Å²) in [5.74, 6) is -1.81. The summed E-state index contributed by atoms with van der Waals surface area (Å²) >= 11 is 0. The van der Waals surface area contributed by atoms with E-state index in [1.54, 1.807) is 0 Å². The van der Waals surface area contributed by atoms with Crippen molar-refractivity contribution in [3.8, 4) is 0 Å². The lowest BCUT2D eigenvalue weighted by molar-refractivity contribution is -0.143.